The van der Waals surface area contributed by atoms with Crippen LogP contribution in [0.1, 0.15) is 22.3 Å². The minimum absolute atomic E-state index is 1.17. The van der Waals surface area contributed by atoms with Crippen LogP contribution in [0.2, 0.25) is 0 Å². The van der Waals surface area contributed by atoms with E-state index in [9.17, 15) is 0 Å². The molecule has 2 nitrogen and oxygen atoms in total. The van der Waals surface area contributed by atoms with Gasteiger partial charge in [-0.05, 0) is 81.9 Å². The normalized spacial score (nSPS) is 11.9. The molecule has 2 heterocycles. The summed E-state index contributed by atoms with van der Waals surface area (Å²) in [6, 6.07) is 69.7. The summed E-state index contributed by atoms with van der Waals surface area (Å²) in [5.74, 6) is 0. The van der Waals surface area contributed by atoms with Crippen molar-refractivity contribution in [3.63, 3.8) is 0 Å². The first kappa shape index (κ1) is 31.6. The van der Waals surface area contributed by atoms with E-state index in [-0.39, 0.29) is 0 Å². The largest absolute Gasteiger partial charge is 0.309 e. The number of para-hydroxylation sites is 4. The van der Waals surface area contributed by atoms with Gasteiger partial charge >= 0.3 is 0 Å². The fourth-order valence-corrected chi connectivity index (χ4v) is 7.83. The average Bonchev–Trinajstić information content (AvgIpc) is 3.76. The molecule has 0 saturated heterocycles. The van der Waals surface area contributed by atoms with Crippen LogP contribution >= 0.6 is 0 Å². The molecule has 10 rings (SSSR count). The molecule has 0 aliphatic heterocycles. The topological polar surface area (TPSA) is 9.86 Å². The van der Waals surface area contributed by atoms with Crippen molar-refractivity contribution in [2.75, 3.05) is 0 Å². The Morgan fingerprint density at radius 1 is 0.241 bits per heavy atom. The maximum absolute atomic E-state index is 2.35. The molecular weight excluding hydrogens is 653 g/mol. The Morgan fingerprint density at radius 3 is 0.759 bits per heavy atom. The van der Waals surface area contributed by atoms with E-state index in [4.69, 9.17) is 0 Å². The third-order valence-corrected chi connectivity index (χ3v) is 10.6. The first-order valence-electron chi connectivity index (χ1n) is 18.5. The van der Waals surface area contributed by atoms with Crippen molar-refractivity contribution < 1.29 is 0 Å². The second-order valence-corrected chi connectivity index (χ2v) is 13.8. The SMILES string of the molecule is C(=Cc1ccc(-n2c3ccccc3c3ccccc32)cc1)c1ccc(-c2ccc(C=Cc3ccc(-n4c5ccccc5c5ccccc54)cc3)cc2)cc1. The molecule has 0 aliphatic carbocycles. The lowest BCUT2D eigenvalue weighted by molar-refractivity contribution is 1.18. The molecule has 10 aromatic rings. The van der Waals surface area contributed by atoms with Gasteiger partial charge < -0.3 is 9.13 Å². The number of aromatic nitrogens is 2. The highest BCUT2D eigenvalue weighted by Gasteiger charge is 2.12. The van der Waals surface area contributed by atoms with Crippen LogP contribution in [0, 0.1) is 0 Å². The molecule has 54 heavy (non-hydrogen) atoms. The Labute approximate surface area is 314 Å². The van der Waals surface area contributed by atoms with Crippen molar-refractivity contribution in [3.05, 3.63) is 216 Å². The minimum atomic E-state index is 1.17. The molecule has 0 aliphatic rings. The van der Waals surface area contributed by atoms with Gasteiger partial charge in [0.25, 0.3) is 0 Å². The maximum Gasteiger partial charge on any atom is 0.0541 e. The van der Waals surface area contributed by atoms with Gasteiger partial charge in [0.1, 0.15) is 0 Å². The lowest BCUT2D eigenvalue weighted by atomic mass is 10.0. The first-order valence-corrected chi connectivity index (χ1v) is 18.5. The summed E-state index contributed by atoms with van der Waals surface area (Å²) in [7, 11) is 0. The van der Waals surface area contributed by atoms with E-state index in [2.05, 4.69) is 228 Å². The van der Waals surface area contributed by atoms with Gasteiger partial charge in [-0.25, -0.2) is 0 Å². The van der Waals surface area contributed by atoms with Crippen molar-refractivity contribution in [2.45, 2.75) is 0 Å². The highest BCUT2D eigenvalue weighted by atomic mass is 15.0. The van der Waals surface area contributed by atoms with Gasteiger partial charge in [-0.2, -0.15) is 0 Å². The number of hydrogen-bond acceptors (Lipinski definition) is 0. The Kier molecular flexibility index (Phi) is 7.85. The zero-order chi connectivity index (χ0) is 35.8. The minimum Gasteiger partial charge on any atom is -0.309 e. The van der Waals surface area contributed by atoms with Crippen LogP contribution in [-0.4, -0.2) is 9.13 Å². The van der Waals surface area contributed by atoms with Crippen molar-refractivity contribution in [1.82, 2.24) is 9.13 Å². The second-order valence-electron chi connectivity index (χ2n) is 13.8. The van der Waals surface area contributed by atoms with E-state index >= 15 is 0 Å². The van der Waals surface area contributed by atoms with Crippen LogP contribution in [0.3, 0.4) is 0 Å². The standard InChI is InChI=1S/C52H36N2/c1-5-13-49-45(9-1)46-10-2-6-14-50(46)53(49)43-33-25-39(26-34-43)19-17-37-21-29-41(30-22-37)42-31-23-38(24-32-42)18-20-40-27-35-44(36-28-40)54-51-15-7-3-11-47(51)48-12-4-8-16-52(48)54/h1-36H. The quantitative estimate of drug-likeness (QED) is 0.148. The predicted molar refractivity (Wildman–Crippen MR) is 231 cm³/mol. The number of rotatable bonds is 7. The molecule has 0 fully saturated rings. The molecule has 0 saturated carbocycles. The van der Waals surface area contributed by atoms with Gasteiger partial charge in [-0.3, -0.25) is 0 Å². The van der Waals surface area contributed by atoms with Gasteiger partial charge in [0.05, 0.1) is 22.1 Å². The molecule has 0 spiro atoms. The Hall–Kier alpha value is -7.16. The summed E-state index contributed by atoms with van der Waals surface area (Å²) in [6.07, 6.45) is 8.73. The van der Waals surface area contributed by atoms with Crippen molar-refractivity contribution in [3.8, 4) is 22.5 Å². The number of hydrogen-bond donors (Lipinski definition) is 0. The van der Waals surface area contributed by atoms with Gasteiger partial charge in [-0.15, -0.1) is 0 Å². The number of benzene rings is 8. The average molecular weight is 689 g/mol. The van der Waals surface area contributed by atoms with Gasteiger partial charge in [0, 0.05) is 32.9 Å². The molecule has 0 atom stereocenters. The molecule has 0 radical (unpaired) electrons. The second kappa shape index (κ2) is 13.4. The van der Waals surface area contributed by atoms with Crippen LogP contribution in [0.25, 0.3) is 90.4 Å². The van der Waals surface area contributed by atoms with E-state index in [0.29, 0.717) is 0 Å². The molecule has 0 amide bonds. The monoisotopic (exact) mass is 688 g/mol. The van der Waals surface area contributed by atoms with Gasteiger partial charge in [0.15, 0.2) is 0 Å². The van der Waals surface area contributed by atoms with E-state index in [1.54, 1.807) is 0 Å². The Balaban J connectivity index is 0.809. The van der Waals surface area contributed by atoms with Crippen molar-refractivity contribution in [1.29, 1.82) is 0 Å². The van der Waals surface area contributed by atoms with Crippen LogP contribution < -0.4 is 0 Å². The summed E-state index contributed by atoms with van der Waals surface area (Å²) >= 11 is 0. The van der Waals surface area contributed by atoms with Crippen molar-refractivity contribution >= 4 is 67.9 Å². The molecule has 2 aromatic heterocycles. The molecule has 8 aromatic carbocycles. The zero-order valence-corrected chi connectivity index (χ0v) is 29.7. The van der Waals surface area contributed by atoms with Crippen LogP contribution in [0.5, 0.6) is 0 Å². The van der Waals surface area contributed by atoms with E-state index in [1.165, 1.54) is 88.4 Å². The number of nitrogens with zero attached hydrogens (tertiary/aromatic N) is 2. The third-order valence-electron chi connectivity index (χ3n) is 10.6. The maximum atomic E-state index is 2.35. The van der Waals surface area contributed by atoms with Crippen LogP contribution in [0.4, 0.5) is 0 Å². The summed E-state index contributed by atoms with van der Waals surface area (Å²) in [5.41, 5.74) is 14.4. The Morgan fingerprint density at radius 2 is 0.481 bits per heavy atom. The highest BCUT2D eigenvalue weighted by molar-refractivity contribution is 6.10. The Bertz CT molecular complexity index is 2670. The fourth-order valence-electron chi connectivity index (χ4n) is 7.83. The third kappa shape index (κ3) is 5.71. The summed E-state index contributed by atoms with van der Waals surface area (Å²) < 4.78 is 4.71. The molecule has 0 bridgehead atoms. The number of fused-ring (bicyclic) bond motifs is 6. The lowest BCUT2D eigenvalue weighted by Gasteiger charge is -2.08. The predicted octanol–water partition coefficient (Wildman–Crippen LogP) is 13.9. The summed E-state index contributed by atoms with van der Waals surface area (Å²) in [4.78, 5) is 0. The highest BCUT2D eigenvalue weighted by Crippen LogP contribution is 2.33. The molecular formula is C52H36N2. The van der Waals surface area contributed by atoms with Crippen LogP contribution in [0.15, 0.2) is 194 Å². The molecule has 2 heteroatoms. The smallest absolute Gasteiger partial charge is 0.0541 e. The van der Waals surface area contributed by atoms with E-state index < -0.39 is 0 Å². The molecule has 0 unspecified atom stereocenters. The summed E-state index contributed by atoms with van der Waals surface area (Å²) in [6.45, 7) is 0. The van der Waals surface area contributed by atoms with Crippen molar-refractivity contribution in [2.24, 2.45) is 0 Å². The fraction of sp³-hybridized carbons (Fsp3) is 0. The van der Waals surface area contributed by atoms with E-state index in [1.807, 2.05) is 0 Å². The zero-order valence-electron chi connectivity index (χ0n) is 29.7. The van der Waals surface area contributed by atoms with Gasteiger partial charge in [0.2, 0.25) is 0 Å². The molecule has 0 N–H and O–H groups in total. The summed E-state index contributed by atoms with van der Waals surface area (Å²) in [5, 5.41) is 5.12. The lowest BCUT2D eigenvalue weighted by Crippen LogP contribution is -1.93. The van der Waals surface area contributed by atoms with Gasteiger partial charge in [-0.1, -0.05) is 170 Å². The molecule has 254 valence electrons. The first-order chi connectivity index (χ1) is 26.8. The van der Waals surface area contributed by atoms with Crippen LogP contribution in [-0.2, 0) is 0 Å². The van der Waals surface area contributed by atoms with E-state index in [0.717, 1.165) is 0 Å².